The summed E-state index contributed by atoms with van der Waals surface area (Å²) < 4.78 is 26.0. The molecular weight excluding hydrogens is 276 g/mol. The summed E-state index contributed by atoms with van der Waals surface area (Å²) in [5.41, 5.74) is 0. The predicted molar refractivity (Wildman–Crippen MR) is 67.8 cm³/mol. The molecule has 1 aliphatic heterocycles. The fourth-order valence-electron chi connectivity index (χ4n) is 2.12. The third kappa shape index (κ3) is 2.83. The number of halogens is 1. The van der Waals surface area contributed by atoms with Gasteiger partial charge in [-0.15, -0.1) is 0 Å². The second-order valence-electron chi connectivity index (χ2n) is 4.37. The topological polar surface area (TPSA) is 70.5 Å². The van der Waals surface area contributed by atoms with E-state index in [9.17, 15) is 8.42 Å². The van der Waals surface area contributed by atoms with Gasteiger partial charge in [0.15, 0.2) is 0 Å². The Bertz CT molecular complexity index is 521. The van der Waals surface area contributed by atoms with E-state index in [0.717, 1.165) is 6.42 Å². The molecule has 5 nitrogen and oxygen atoms in total. The van der Waals surface area contributed by atoms with Crippen molar-refractivity contribution in [1.29, 1.82) is 0 Å². The van der Waals surface area contributed by atoms with Crippen LogP contribution >= 0.6 is 11.6 Å². The number of aromatic nitrogens is 1. The molecule has 1 aliphatic rings. The normalized spacial score (nSPS) is 21.3. The van der Waals surface area contributed by atoms with Crippen molar-refractivity contribution in [3.05, 3.63) is 23.5 Å². The van der Waals surface area contributed by atoms with Crippen molar-refractivity contribution in [1.82, 2.24) is 9.29 Å². The van der Waals surface area contributed by atoms with Crippen LogP contribution in [0.1, 0.15) is 12.8 Å². The van der Waals surface area contributed by atoms with Crippen molar-refractivity contribution >= 4 is 21.6 Å². The SMILES string of the molecule is O=S(=O)(c1cncc(Cl)c1)N1CCC(CCO)C1. The van der Waals surface area contributed by atoms with Gasteiger partial charge in [-0.1, -0.05) is 11.6 Å². The molecule has 1 saturated heterocycles. The molecule has 0 aliphatic carbocycles. The first kappa shape index (κ1) is 13.7. The van der Waals surface area contributed by atoms with E-state index in [2.05, 4.69) is 4.98 Å². The Morgan fingerprint density at radius 2 is 2.28 bits per heavy atom. The molecule has 2 rings (SSSR count). The van der Waals surface area contributed by atoms with Crippen molar-refractivity contribution in [2.75, 3.05) is 19.7 Å². The van der Waals surface area contributed by atoms with Crippen LogP contribution in [-0.4, -0.2) is 42.5 Å². The Kier molecular flexibility index (Phi) is 4.21. The zero-order valence-corrected chi connectivity index (χ0v) is 11.4. The van der Waals surface area contributed by atoms with Crippen molar-refractivity contribution in [2.45, 2.75) is 17.7 Å². The maximum atomic E-state index is 12.3. The van der Waals surface area contributed by atoms with Crippen LogP contribution in [0.25, 0.3) is 0 Å². The van der Waals surface area contributed by atoms with Crippen LogP contribution in [0.2, 0.25) is 5.02 Å². The summed E-state index contributed by atoms with van der Waals surface area (Å²) >= 11 is 5.76. The van der Waals surface area contributed by atoms with Crippen LogP contribution in [-0.2, 0) is 10.0 Å². The zero-order valence-electron chi connectivity index (χ0n) is 9.79. The van der Waals surface area contributed by atoms with E-state index in [4.69, 9.17) is 16.7 Å². The largest absolute Gasteiger partial charge is 0.396 e. The average Bonchev–Trinajstić information content (AvgIpc) is 2.79. The maximum absolute atomic E-state index is 12.3. The summed E-state index contributed by atoms with van der Waals surface area (Å²) in [4.78, 5) is 3.92. The van der Waals surface area contributed by atoms with Gasteiger partial charge in [0.05, 0.1) is 5.02 Å². The summed E-state index contributed by atoms with van der Waals surface area (Å²) in [6, 6.07) is 1.41. The Morgan fingerprint density at radius 3 is 2.94 bits per heavy atom. The number of hydrogen-bond acceptors (Lipinski definition) is 4. The zero-order chi connectivity index (χ0) is 13.2. The smallest absolute Gasteiger partial charge is 0.244 e. The third-order valence-corrected chi connectivity index (χ3v) is 5.14. The Morgan fingerprint density at radius 1 is 1.50 bits per heavy atom. The molecule has 1 unspecified atom stereocenters. The summed E-state index contributed by atoms with van der Waals surface area (Å²) in [5.74, 6) is 0.233. The molecule has 0 amide bonds. The number of pyridine rings is 1. The van der Waals surface area contributed by atoms with Gasteiger partial charge in [0.25, 0.3) is 0 Å². The molecule has 0 saturated carbocycles. The van der Waals surface area contributed by atoms with Gasteiger partial charge in [0.1, 0.15) is 4.90 Å². The Balaban J connectivity index is 2.18. The van der Waals surface area contributed by atoms with Crippen molar-refractivity contribution < 1.29 is 13.5 Å². The van der Waals surface area contributed by atoms with Gasteiger partial charge in [-0.05, 0) is 24.8 Å². The van der Waals surface area contributed by atoms with Crippen LogP contribution in [0.3, 0.4) is 0 Å². The first-order valence-electron chi connectivity index (χ1n) is 5.75. The average molecular weight is 291 g/mol. The number of aliphatic hydroxyl groups excluding tert-OH is 1. The first-order chi connectivity index (χ1) is 8.54. The Hall–Kier alpha value is -0.690. The van der Waals surface area contributed by atoms with E-state index in [1.807, 2.05) is 0 Å². The molecule has 1 aromatic rings. The third-order valence-electron chi connectivity index (χ3n) is 3.10. The number of hydrogen-bond donors (Lipinski definition) is 1. The van der Waals surface area contributed by atoms with Crippen LogP contribution in [0.4, 0.5) is 0 Å². The quantitative estimate of drug-likeness (QED) is 0.902. The minimum absolute atomic E-state index is 0.0945. The second kappa shape index (κ2) is 5.52. The number of nitrogens with zero attached hydrogens (tertiary/aromatic N) is 2. The molecule has 0 bridgehead atoms. The Labute approximate surface area is 111 Å². The van der Waals surface area contributed by atoms with E-state index >= 15 is 0 Å². The predicted octanol–water partition coefficient (Wildman–Crippen LogP) is 1.13. The van der Waals surface area contributed by atoms with Gasteiger partial charge >= 0.3 is 0 Å². The lowest BCUT2D eigenvalue weighted by Crippen LogP contribution is -2.29. The standard InChI is InChI=1S/C11H15ClN2O3S/c12-10-5-11(7-13-6-10)18(16,17)14-3-1-9(8-14)2-4-15/h5-7,9,15H,1-4,8H2. The molecule has 100 valence electrons. The fraction of sp³-hybridized carbons (Fsp3) is 0.545. The monoisotopic (exact) mass is 290 g/mol. The van der Waals surface area contributed by atoms with Gasteiger partial charge in [-0.25, -0.2) is 8.42 Å². The van der Waals surface area contributed by atoms with Crippen LogP contribution in [0.5, 0.6) is 0 Å². The van der Waals surface area contributed by atoms with E-state index in [-0.39, 0.29) is 17.4 Å². The van der Waals surface area contributed by atoms with Crippen molar-refractivity contribution in [2.24, 2.45) is 5.92 Å². The molecule has 2 heterocycles. The number of aliphatic hydroxyl groups is 1. The highest BCUT2D eigenvalue weighted by atomic mass is 35.5. The molecular formula is C11H15ClN2O3S. The fourth-order valence-corrected chi connectivity index (χ4v) is 3.88. The first-order valence-corrected chi connectivity index (χ1v) is 7.57. The van der Waals surface area contributed by atoms with Gasteiger partial charge in [-0.2, -0.15) is 4.31 Å². The summed E-state index contributed by atoms with van der Waals surface area (Å²) in [5, 5.41) is 9.18. The minimum Gasteiger partial charge on any atom is -0.396 e. The van der Waals surface area contributed by atoms with Gasteiger partial charge in [0.2, 0.25) is 10.0 Å². The highest BCUT2D eigenvalue weighted by Gasteiger charge is 2.32. The molecule has 18 heavy (non-hydrogen) atoms. The lowest BCUT2D eigenvalue weighted by atomic mass is 10.1. The van der Waals surface area contributed by atoms with Crippen molar-refractivity contribution in [3.8, 4) is 0 Å². The maximum Gasteiger partial charge on any atom is 0.244 e. The van der Waals surface area contributed by atoms with Crippen LogP contribution in [0.15, 0.2) is 23.4 Å². The molecule has 0 aromatic carbocycles. The lowest BCUT2D eigenvalue weighted by molar-refractivity contribution is 0.259. The molecule has 1 aromatic heterocycles. The molecule has 1 fully saturated rings. The lowest BCUT2D eigenvalue weighted by Gasteiger charge is -2.16. The highest BCUT2D eigenvalue weighted by Crippen LogP contribution is 2.26. The van der Waals surface area contributed by atoms with Gasteiger partial charge in [-0.3, -0.25) is 4.98 Å². The summed E-state index contributed by atoms with van der Waals surface area (Å²) in [7, 11) is -3.51. The van der Waals surface area contributed by atoms with Crippen LogP contribution < -0.4 is 0 Å². The number of sulfonamides is 1. The minimum atomic E-state index is -3.51. The van der Waals surface area contributed by atoms with Gasteiger partial charge < -0.3 is 5.11 Å². The van der Waals surface area contributed by atoms with E-state index < -0.39 is 10.0 Å². The van der Waals surface area contributed by atoms with E-state index in [0.29, 0.717) is 24.5 Å². The second-order valence-corrected chi connectivity index (χ2v) is 6.74. The van der Waals surface area contributed by atoms with Crippen LogP contribution in [0, 0.1) is 5.92 Å². The number of rotatable bonds is 4. The molecule has 1 N–H and O–H groups in total. The molecule has 0 spiro atoms. The van der Waals surface area contributed by atoms with E-state index in [1.54, 1.807) is 0 Å². The van der Waals surface area contributed by atoms with Crippen molar-refractivity contribution in [3.63, 3.8) is 0 Å². The molecule has 0 radical (unpaired) electrons. The van der Waals surface area contributed by atoms with E-state index in [1.165, 1.54) is 22.8 Å². The summed E-state index contributed by atoms with van der Waals surface area (Å²) in [6.45, 7) is 1.03. The highest BCUT2D eigenvalue weighted by molar-refractivity contribution is 7.89. The molecule has 7 heteroatoms. The summed E-state index contributed by atoms with van der Waals surface area (Å²) in [6.07, 6.45) is 4.13. The molecule has 1 atom stereocenters. The van der Waals surface area contributed by atoms with Gasteiger partial charge in [0, 0.05) is 32.1 Å².